The molecule has 22 heavy (non-hydrogen) atoms. The Kier molecular flexibility index (Phi) is 3.64. The highest BCUT2D eigenvalue weighted by atomic mass is 32.2. The van der Waals surface area contributed by atoms with Crippen LogP contribution in [0, 0.1) is 16.0 Å². The second-order valence-electron chi connectivity index (χ2n) is 5.77. The van der Waals surface area contributed by atoms with Crippen molar-refractivity contribution in [1.82, 2.24) is 4.90 Å². The average molecular weight is 324 g/mol. The Morgan fingerprint density at radius 2 is 1.95 bits per heavy atom. The summed E-state index contributed by atoms with van der Waals surface area (Å²) in [5.74, 6) is -1.12. The van der Waals surface area contributed by atoms with Crippen LogP contribution in [0.4, 0.5) is 0 Å². The minimum Gasteiger partial charge on any atom is -0.333 e. The van der Waals surface area contributed by atoms with E-state index in [2.05, 4.69) is 0 Å². The highest BCUT2D eigenvalue weighted by Crippen LogP contribution is 2.38. The summed E-state index contributed by atoms with van der Waals surface area (Å²) in [6, 6.07) is 7.58. The van der Waals surface area contributed by atoms with Gasteiger partial charge in [0.15, 0.2) is 9.84 Å². The van der Waals surface area contributed by atoms with Gasteiger partial charge in [0.2, 0.25) is 11.9 Å². The van der Waals surface area contributed by atoms with E-state index in [1.165, 1.54) is 4.90 Å². The lowest BCUT2D eigenvalue weighted by molar-refractivity contribution is -0.497. The maximum absolute atomic E-state index is 12.5. The molecule has 7 nitrogen and oxygen atoms in total. The lowest BCUT2D eigenvalue weighted by Gasteiger charge is -2.35. The fourth-order valence-electron chi connectivity index (χ4n) is 2.92. The minimum atomic E-state index is -3.21. The first-order chi connectivity index (χ1) is 10.4. The molecule has 1 aromatic carbocycles. The second kappa shape index (κ2) is 5.35. The number of carbonyl (C=O) groups excluding carboxylic acids is 1. The van der Waals surface area contributed by atoms with Gasteiger partial charge in [-0.2, -0.15) is 0 Å². The van der Waals surface area contributed by atoms with E-state index in [9.17, 15) is 23.3 Å². The fourth-order valence-corrected chi connectivity index (χ4v) is 4.41. The van der Waals surface area contributed by atoms with E-state index < -0.39 is 32.8 Å². The molecule has 0 spiro atoms. The van der Waals surface area contributed by atoms with Gasteiger partial charge in [-0.05, 0) is 5.56 Å². The molecular weight excluding hydrogens is 308 g/mol. The normalized spacial score (nSPS) is 29.8. The van der Waals surface area contributed by atoms with Gasteiger partial charge in [-0.15, -0.1) is 0 Å². The first-order valence-corrected chi connectivity index (χ1v) is 8.90. The van der Waals surface area contributed by atoms with Gasteiger partial charge < -0.3 is 4.90 Å². The van der Waals surface area contributed by atoms with Crippen molar-refractivity contribution in [1.29, 1.82) is 0 Å². The molecule has 8 heteroatoms. The second-order valence-corrected chi connectivity index (χ2v) is 8.00. The summed E-state index contributed by atoms with van der Waals surface area (Å²) in [6.45, 7) is 0.0989. The van der Waals surface area contributed by atoms with E-state index in [-0.39, 0.29) is 30.4 Å². The maximum atomic E-state index is 12.5. The zero-order chi connectivity index (χ0) is 15.9. The van der Waals surface area contributed by atoms with Crippen molar-refractivity contribution in [2.24, 2.45) is 5.92 Å². The molecule has 3 unspecified atom stereocenters. The van der Waals surface area contributed by atoms with Crippen LogP contribution >= 0.6 is 0 Å². The first kappa shape index (κ1) is 15.0. The smallest absolute Gasteiger partial charge is 0.233 e. The van der Waals surface area contributed by atoms with Crippen LogP contribution in [0.2, 0.25) is 0 Å². The molecular formula is C14H16N2O5S. The van der Waals surface area contributed by atoms with Gasteiger partial charge in [0.25, 0.3) is 0 Å². The van der Waals surface area contributed by atoms with Crippen molar-refractivity contribution in [3.8, 4) is 0 Å². The summed E-state index contributed by atoms with van der Waals surface area (Å²) < 4.78 is 23.8. The van der Waals surface area contributed by atoms with Crippen molar-refractivity contribution in [2.45, 2.75) is 18.5 Å². The third kappa shape index (κ3) is 2.83. The Morgan fingerprint density at radius 1 is 1.27 bits per heavy atom. The Bertz CT molecular complexity index is 703. The third-order valence-corrected chi connectivity index (χ3v) is 5.87. The molecule has 1 saturated heterocycles. The van der Waals surface area contributed by atoms with E-state index >= 15 is 0 Å². The van der Waals surface area contributed by atoms with Crippen molar-refractivity contribution in [3.63, 3.8) is 0 Å². The fraction of sp³-hybridized carbons (Fsp3) is 0.500. The summed E-state index contributed by atoms with van der Waals surface area (Å²) in [5, 5.41) is 10.8. The summed E-state index contributed by atoms with van der Waals surface area (Å²) in [4.78, 5) is 24.3. The van der Waals surface area contributed by atoms with Crippen molar-refractivity contribution in [3.05, 3.63) is 46.0 Å². The van der Waals surface area contributed by atoms with Gasteiger partial charge >= 0.3 is 0 Å². The summed E-state index contributed by atoms with van der Waals surface area (Å²) in [5.41, 5.74) is 0.748. The zero-order valence-corrected chi connectivity index (χ0v) is 12.6. The number of benzene rings is 1. The van der Waals surface area contributed by atoms with E-state index in [1.54, 1.807) is 24.3 Å². The highest BCUT2D eigenvalue weighted by Gasteiger charge is 2.56. The molecule has 0 radical (unpaired) electrons. The molecule has 3 rings (SSSR count). The van der Waals surface area contributed by atoms with Crippen LogP contribution in [0.15, 0.2) is 30.3 Å². The van der Waals surface area contributed by atoms with E-state index in [0.717, 1.165) is 5.56 Å². The summed E-state index contributed by atoms with van der Waals surface area (Å²) in [6.07, 6.45) is 0.247. The molecule has 1 heterocycles. The molecule has 1 aliphatic heterocycles. The van der Waals surface area contributed by atoms with Crippen LogP contribution in [-0.2, 0) is 14.6 Å². The van der Waals surface area contributed by atoms with Crippen LogP contribution in [0.3, 0.4) is 0 Å². The lowest BCUT2D eigenvalue weighted by atomic mass is 10.1. The van der Waals surface area contributed by atoms with Crippen molar-refractivity contribution < 1.29 is 18.1 Å². The van der Waals surface area contributed by atoms with Crippen LogP contribution in [0.25, 0.3) is 0 Å². The maximum Gasteiger partial charge on any atom is 0.233 e. The van der Waals surface area contributed by atoms with Gasteiger partial charge in [-0.1, -0.05) is 30.3 Å². The number of hydrogen-bond acceptors (Lipinski definition) is 5. The SMILES string of the molecule is O=C(C1CC1[N+](=O)[O-])N1CCS(=O)(=O)CC1c1ccccc1. The number of rotatable bonds is 3. The molecule has 1 amide bonds. The average Bonchev–Trinajstić information content (AvgIpc) is 3.27. The topological polar surface area (TPSA) is 97.6 Å². The summed E-state index contributed by atoms with van der Waals surface area (Å²) >= 11 is 0. The third-order valence-electron chi connectivity index (χ3n) is 4.24. The molecule has 0 bridgehead atoms. The lowest BCUT2D eigenvalue weighted by Crippen LogP contribution is -2.47. The van der Waals surface area contributed by atoms with Gasteiger partial charge in [0.1, 0.15) is 5.92 Å². The zero-order valence-electron chi connectivity index (χ0n) is 11.8. The molecule has 0 N–H and O–H groups in total. The molecule has 3 atom stereocenters. The number of carbonyl (C=O) groups is 1. The predicted octanol–water partition coefficient (Wildman–Crippen LogP) is 0.650. The molecule has 0 aromatic heterocycles. The number of hydrogen-bond donors (Lipinski definition) is 0. The number of amides is 1. The number of sulfone groups is 1. The number of nitrogens with zero attached hydrogens (tertiary/aromatic N) is 2. The predicted molar refractivity (Wildman–Crippen MR) is 78.4 cm³/mol. The van der Waals surface area contributed by atoms with E-state index in [1.807, 2.05) is 6.07 Å². The molecule has 1 aliphatic carbocycles. The Morgan fingerprint density at radius 3 is 2.55 bits per heavy atom. The minimum absolute atomic E-state index is 0.0854. The number of nitro groups is 1. The molecule has 1 saturated carbocycles. The van der Waals surface area contributed by atoms with Crippen molar-refractivity contribution >= 4 is 15.7 Å². The Hall–Kier alpha value is -1.96. The quantitative estimate of drug-likeness (QED) is 0.600. The van der Waals surface area contributed by atoms with Crippen LogP contribution in [0.1, 0.15) is 18.0 Å². The van der Waals surface area contributed by atoms with Crippen LogP contribution in [0.5, 0.6) is 0 Å². The van der Waals surface area contributed by atoms with E-state index in [0.29, 0.717) is 0 Å². The van der Waals surface area contributed by atoms with Crippen molar-refractivity contribution in [2.75, 3.05) is 18.1 Å². The Labute approximate surface area is 128 Å². The molecule has 1 aromatic rings. The molecule has 118 valence electrons. The molecule has 2 fully saturated rings. The first-order valence-electron chi connectivity index (χ1n) is 7.08. The van der Waals surface area contributed by atoms with Gasteiger partial charge in [0, 0.05) is 17.9 Å². The van der Waals surface area contributed by atoms with Gasteiger partial charge in [-0.3, -0.25) is 14.9 Å². The van der Waals surface area contributed by atoms with E-state index in [4.69, 9.17) is 0 Å². The largest absolute Gasteiger partial charge is 0.333 e. The Balaban J connectivity index is 1.85. The van der Waals surface area contributed by atoms with Gasteiger partial charge in [-0.25, -0.2) is 8.42 Å². The highest BCUT2D eigenvalue weighted by molar-refractivity contribution is 7.91. The van der Waals surface area contributed by atoms with Crippen LogP contribution in [-0.4, -0.2) is 48.2 Å². The molecule has 2 aliphatic rings. The van der Waals surface area contributed by atoms with Crippen LogP contribution < -0.4 is 0 Å². The standard InChI is InChI=1S/C14H16N2O5S/c17-14(11-8-12(11)16(18)19)15-6-7-22(20,21)9-13(15)10-4-2-1-3-5-10/h1-5,11-13H,6-9H2. The van der Waals surface area contributed by atoms with Gasteiger partial charge in [0.05, 0.1) is 17.5 Å². The summed E-state index contributed by atoms with van der Waals surface area (Å²) in [7, 11) is -3.21. The monoisotopic (exact) mass is 324 g/mol.